The van der Waals surface area contributed by atoms with Gasteiger partial charge in [0.2, 0.25) is 0 Å². The van der Waals surface area contributed by atoms with Crippen molar-refractivity contribution in [3.63, 3.8) is 0 Å². The summed E-state index contributed by atoms with van der Waals surface area (Å²) < 4.78 is 27.5. The van der Waals surface area contributed by atoms with Crippen LogP contribution in [0.2, 0.25) is 5.02 Å². The third-order valence-corrected chi connectivity index (χ3v) is 2.74. The molecule has 0 aliphatic heterocycles. The normalized spacial score (nSPS) is 10.4. The molecule has 2 rings (SSSR count). The molecule has 0 radical (unpaired) electrons. The second kappa shape index (κ2) is 4.98. The fourth-order valence-electron chi connectivity index (χ4n) is 1.23. The van der Waals surface area contributed by atoms with Crippen LogP contribution in [0, 0.1) is 11.6 Å². The number of nitrogens with zero attached hydrogens (tertiary/aromatic N) is 1. The lowest BCUT2D eigenvalue weighted by atomic mass is 10.3. The number of hydrogen-bond donors (Lipinski definition) is 1. The van der Waals surface area contributed by atoms with Crippen molar-refractivity contribution in [2.24, 2.45) is 0 Å². The lowest BCUT2D eigenvalue weighted by Crippen LogP contribution is -1.99. The van der Waals surface area contributed by atoms with Crippen molar-refractivity contribution < 1.29 is 8.78 Å². The Balaban J connectivity index is 2.35. The Hall–Kier alpha value is -1.20. The third-order valence-electron chi connectivity index (χ3n) is 2.01. The van der Waals surface area contributed by atoms with Gasteiger partial charge in [-0.05, 0) is 34.1 Å². The molecule has 2 aromatic rings. The first-order chi connectivity index (χ1) is 8.08. The van der Waals surface area contributed by atoms with Gasteiger partial charge in [0.05, 0.1) is 10.7 Å². The maximum atomic E-state index is 13.5. The minimum atomic E-state index is -0.640. The lowest BCUT2D eigenvalue weighted by Gasteiger charge is -2.08. The summed E-state index contributed by atoms with van der Waals surface area (Å²) in [7, 11) is 0. The molecule has 0 atom stereocenters. The van der Waals surface area contributed by atoms with Crippen LogP contribution in [-0.4, -0.2) is 4.98 Å². The molecular formula is C11H6BrClF2N2. The van der Waals surface area contributed by atoms with Crippen molar-refractivity contribution in [1.82, 2.24) is 4.98 Å². The molecule has 1 N–H and O–H groups in total. The Kier molecular flexibility index (Phi) is 3.59. The second-order valence-corrected chi connectivity index (χ2v) is 4.53. The molecule has 1 aromatic carbocycles. The number of pyridine rings is 1. The fourth-order valence-corrected chi connectivity index (χ4v) is 1.71. The second-order valence-electron chi connectivity index (χ2n) is 3.21. The molecule has 2 nitrogen and oxygen atoms in total. The van der Waals surface area contributed by atoms with Gasteiger partial charge in [0.25, 0.3) is 0 Å². The number of hydrogen-bond acceptors (Lipinski definition) is 2. The van der Waals surface area contributed by atoms with E-state index in [1.807, 2.05) is 0 Å². The summed E-state index contributed by atoms with van der Waals surface area (Å²) >= 11 is 8.69. The number of anilines is 2. The first-order valence-corrected chi connectivity index (χ1v) is 5.77. The molecule has 6 heteroatoms. The highest BCUT2D eigenvalue weighted by Crippen LogP contribution is 2.26. The van der Waals surface area contributed by atoms with E-state index in [9.17, 15) is 8.78 Å². The highest BCUT2D eigenvalue weighted by Gasteiger charge is 2.10. The average molecular weight is 320 g/mol. The minimum absolute atomic E-state index is 0.0347. The Bertz CT molecular complexity index is 563. The fraction of sp³-hybridized carbons (Fsp3) is 0. The van der Waals surface area contributed by atoms with Crippen molar-refractivity contribution in [1.29, 1.82) is 0 Å². The standard InChI is InChI=1S/C11H6BrClF2N2/c12-6-4-8(14)11(16-5-6)17-9-3-1-2-7(13)10(9)15/h1-5H,(H,16,17). The van der Waals surface area contributed by atoms with Gasteiger partial charge >= 0.3 is 0 Å². The van der Waals surface area contributed by atoms with Crippen LogP contribution in [0.4, 0.5) is 20.3 Å². The molecule has 0 aliphatic rings. The van der Waals surface area contributed by atoms with Gasteiger partial charge in [-0.15, -0.1) is 0 Å². The molecule has 0 fully saturated rings. The maximum absolute atomic E-state index is 13.5. The predicted molar refractivity (Wildman–Crippen MR) is 66.6 cm³/mol. The van der Waals surface area contributed by atoms with Gasteiger partial charge < -0.3 is 5.32 Å². The van der Waals surface area contributed by atoms with E-state index in [-0.39, 0.29) is 16.5 Å². The Morgan fingerprint density at radius 3 is 2.76 bits per heavy atom. The largest absolute Gasteiger partial charge is 0.335 e. The van der Waals surface area contributed by atoms with Gasteiger partial charge in [-0.3, -0.25) is 0 Å². The number of rotatable bonds is 2. The van der Waals surface area contributed by atoms with E-state index in [1.165, 1.54) is 24.4 Å². The molecule has 0 unspecified atom stereocenters. The summed E-state index contributed by atoms with van der Waals surface area (Å²) in [5.74, 6) is -1.29. The zero-order valence-corrected chi connectivity index (χ0v) is 10.7. The molecule has 17 heavy (non-hydrogen) atoms. The topological polar surface area (TPSA) is 24.9 Å². The molecule has 0 spiro atoms. The van der Waals surface area contributed by atoms with E-state index in [4.69, 9.17) is 11.6 Å². The molecule has 0 bridgehead atoms. The summed E-state index contributed by atoms with van der Waals surface area (Å²) in [6, 6.07) is 5.65. The molecule has 0 amide bonds. The van der Waals surface area contributed by atoms with Gasteiger partial charge in [-0.1, -0.05) is 17.7 Å². The smallest absolute Gasteiger partial charge is 0.166 e. The SMILES string of the molecule is Fc1cc(Br)cnc1Nc1cccc(Cl)c1F. The summed E-state index contributed by atoms with van der Waals surface area (Å²) in [4.78, 5) is 3.80. The third kappa shape index (κ3) is 2.73. The van der Waals surface area contributed by atoms with Gasteiger partial charge in [-0.25, -0.2) is 13.8 Å². The van der Waals surface area contributed by atoms with Crippen LogP contribution in [-0.2, 0) is 0 Å². The summed E-state index contributed by atoms with van der Waals surface area (Å²) in [6.45, 7) is 0. The molecule has 1 aromatic heterocycles. The van der Waals surface area contributed by atoms with Crippen LogP contribution in [0.3, 0.4) is 0 Å². The van der Waals surface area contributed by atoms with Crippen LogP contribution < -0.4 is 5.32 Å². The number of aromatic nitrogens is 1. The van der Waals surface area contributed by atoms with Crippen LogP contribution in [0.15, 0.2) is 34.9 Å². The predicted octanol–water partition coefficient (Wildman–Crippen LogP) is 4.52. The molecule has 88 valence electrons. The Labute approximate surface area is 110 Å². The Morgan fingerprint density at radius 2 is 2.06 bits per heavy atom. The van der Waals surface area contributed by atoms with E-state index in [2.05, 4.69) is 26.2 Å². The van der Waals surface area contributed by atoms with Crippen LogP contribution in [0.5, 0.6) is 0 Å². The van der Waals surface area contributed by atoms with Crippen LogP contribution >= 0.6 is 27.5 Å². The first-order valence-electron chi connectivity index (χ1n) is 4.60. The number of halogens is 4. The van der Waals surface area contributed by atoms with Crippen LogP contribution in [0.1, 0.15) is 0 Å². The van der Waals surface area contributed by atoms with E-state index in [0.29, 0.717) is 4.47 Å². The highest BCUT2D eigenvalue weighted by molar-refractivity contribution is 9.10. The quantitative estimate of drug-likeness (QED) is 0.880. The van der Waals surface area contributed by atoms with Crippen LogP contribution in [0.25, 0.3) is 0 Å². The summed E-state index contributed by atoms with van der Waals surface area (Å²) in [5.41, 5.74) is 0.0752. The number of nitrogens with one attached hydrogen (secondary N) is 1. The molecule has 0 saturated heterocycles. The van der Waals surface area contributed by atoms with Crippen molar-refractivity contribution in [2.75, 3.05) is 5.32 Å². The van der Waals surface area contributed by atoms with Crippen molar-refractivity contribution in [3.05, 3.63) is 51.6 Å². The summed E-state index contributed by atoms with van der Waals surface area (Å²) in [6.07, 6.45) is 1.41. The van der Waals surface area contributed by atoms with Crippen molar-refractivity contribution in [3.8, 4) is 0 Å². The van der Waals surface area contributed by atoms with E-state index < -0.39 is 11.6 Å². The van der Waals surface area contributed by atoms with Crippen molar-refractivity contribution in [2.45, 2.75) is 0 Å². The molecule has 0 aliphatic carbocycles. The maximum Gasteiger partial charge on any atom is 0.166 e. The van der Waals surface area contributed by atoms with Gasteiger partial charge in [0.15, 0.2) is 17.5 Å². The van der Waals surface area contributed by atoms with Crippen molar-refractivity contribution >= 4 is 39.0 Å². The highest BCUT2D eigenvalue weighted by atomic mass is 79.9. The van der Waals surface area contributed by atoms with Gasteiger partial charge in [0.1, 0.15) is 0 Å². The monoisotopic (exact) mass is 318 g/mol. The Morgan fingerprint density at radius 1 is 1.29 bits per heavy atom. The van der Waals surface area contributed by atoms with E-state index in [0.717, 1.165) is 0 Å². The number of benzene rings is 1. The average Bonchev–Trinajstić information content (AvgIpc) is 2.28. The first kappa shape index (κ1) is 12.3. The van der Waals surface area contributed by atoms with E-state index >= 15 is 0 Å². The zero-order valence-electron chi connectivity index (χ0n) is 8.35. The zero-order chi connectivity index (χ0) is 12.4. The molecule has 0 saturated carbocycles. The molecular weight excluding hydrogens is 313 g/mol. The lowest BCUT2D eigenvalue weighted by molar-refractivity contribution is 0.621. The molecule has 1 heterocycles. The summed E-state index contributed by atoms with van der Waals surface area (Å²) in [5, 5.41) is 2.51. The van der Waals surface area contributed by atoms with E-state index in [1.54, 1.807) is 6.07 Å². The van der Waals surface area contributed by atoms with Gasteiger partial charge in [0, 0.05) is 10.7 Å². The van der Waals surface area contributed by atoms with Gasteiger partial charge in [-0.2, -0.15) is 0 Å². The minimum Gasteiger partial charge on any atom is -0.335 e.